The summed E-state index contributed by atoms with van der Waals surface area (Å²) in [6.07, 6.45) is 1.85. The van der Waals surface area contributed by atoms with Gasteiger partial charge in [0.15, 0.2) is 0 Å². The first-order valence-corrected chi connectivity index (χ1v) is 18.4. The van der Waals surface area contributed by atoms with Gasteiger partial charge >= 0.3 is 11.8 Å². The first-order valence-electron chi connectivity index (χ1n) is 16.9. The van der Waals surface area contributed by atoms with E-state index < -0.39 is 27.4 Å². The summed E-state index contributed by atoms with van der Waals surface area (Å²) in [4.78, 5) is 44.9. The first kappa shape index (κ1) is 35.7. The molecular weight excluding hydrogens is 673 g/mol. The highest BCUT2D eigenvalue weighted by atomic mass is 32.2. The maximum absolute atomic E-state index is 14.6. The fourth-order valence-electron chi connectivity index (χ4n) is 6.79. The van der Waals surface area contributed by atoms with Crippen LogP contribution in [0.25, 0.3) is 11.0 Å². The van der Waals surface area contributed by atoms with Gasteiger partial charge in [-0.1, -0.05) is 30.3 Å². The lowest BCUT2D eigenvalue weighted by atomic mass is 10.0. The molecule has 0 spiro atoms. The van der Waals surface area contributed by atoms with Crippen molar-refractivity contribution in [3.05, 3.63) is 94.4 Å². The van der Waals surface area contributed by atoms with Crippen molar-refractivity contribution in [3.8, 4) is 11.8 Å². The highest BCUT2D eigenvalue weighted by molar-refractivity contribution is 7.90. The molecule has 14 heteroatoms. The zero-order valence-corrected chi connectivity index (χ0v) is 29.9. The summed E-state index contributed by atoms with van der Waals surface area (Å²) in [5.41, 5.74) is -0.599. The molecule has 2 fully saturated rings. The molecule has 2 atom stereocenters. The Bertz CT molecular complexity index is 2120. The quantitative estimate of drug-likeness (QED) is 0.284. The summed E-state index contributed by atoms with van der Waals surface area (Å²) in [5, 5.41) is 13.4. The number of amides is 2. The minimum absolute atomic E-state index is 0.0119. The molecule has 3 heterocycles. The van der Waals surface area contributed by atoms with E-state index in [9.17, 15) is 28.1 Å². The lowest BCUT2D eigenvalue weighted by Crippen LogP contribution is -2.49. The minimum atomic E-state index is -4.45. The topological polar surface area (TPSA) is 156 Å². The van der Waals surface area contributed by atoms with E-state index in [0.717, 1.165) is 12.8 Å². The van der Waals surface area contributed by atoms with Gasteiger partial charge in [-0.05, 0) is 88.1 Å². The number of ether oxygens (including phenoxy) is 2. The van der Waals surface area contributed by atoms with E-state index in [1.165, 1.54) is 54.1 Å². The number of benzene rings is 3. The van der Waals surface area contributed by atoms with Crippen molar-refractivity contribution >= 4 is 33.1 Å². The molecule has 0 aliphatic carbocycles. The second kappa shape index (κ2) is 14.2. The van der Waals surface area contributed by atoms with Crippen molar-refractivity contribution in [1.29, 1.82) is 5.26 Å². The minimum Gasteiger partial charge on any atom is -0.497 e. The van der Waals surface area contributed by atoms with Crippen LogP contribution in [0, 0.1) is 11.3 Å². The predicted octanol–water partition coefficient (Wildman–Crippen LogP) is 4.10. The SMILES string of the molecule is COc1ccc(S(=O)(=O)n2c(=O)n(C(C(=O)N3CC[C@H](NC4CCN(C(=O)OC(C)(C)C)CC4)C3)c3ccccc3)c3cc(C#N)ccc32)cc1. The molecular formula is C37H42N6O7S. The van der Waals surface area contributed by atoms with Crippen LogP contribution in [0.5, 0.6) is 5.75 Å². The highest BCUT2D eigenvalue weighted by Gasteiger charge is 2.38. The number of nitrogens with one attached hydrogen (secondary N) is 1. The van der Waals surface area contributed by atoms with E-state index in [1.54, 1.807) is 40.1 Å². The molecule has 1 unspecified atom stereocenters. The zero-order chi connectivity index (χ0) is 36.5. The van der Waals surface area contributed by atoms with Crippen molar-refractivity contribution in [2.45, 2.75) is 68.7 Å². The number of carbonyl (C=O) groups excluding carboxylic acids is 2. The van der Waals surface area contributed by atoms with Crippen LogP contribution in [0.3, 0.4) is 0 Å². The Kier molecular flexibility index (Phi) is 9.97. The van der Waals surface area contributed by atoms with Gasteiger partial charge in [0.25, 0.3) is 15.9 Å². The fourth-order valence-corrected chi connectivity index (χ4v) is 8.19. The molecule has 0 saturated carbocycles. The maximum Gasteiger partial charge on any atom is 0.410 e. The summed E-state index contributed by atoms with van der Waals surface area (Å²) in [6, 6.07) is 19.8. The number of fused-ring (bicyclic) bond motifs is 1. The number of hydrogen-bond acceptors (Lipinski definition) is 9. The van der Waals surface area contributed by atoms with Gasteiger partial charge in [0, 0.05) is 38.3 Å². The number of piperidine rings is 1. The van der Waals surface area contributed by atoms with E-state index in [0.29, 0.717) is 47.9 Å². The lowest BCUT2D eigenvalue weighted by Gasteiger charge is -2.35. The van der Waals surface area contributed by atoms with Crippen LogP contribution < -0.4 is 15.7 Å². The van der Waals surface area contributed by atoms with Crippen molar-refractivity contribution in [2.24, 2.45) is 0 Å². The molecule has 268 valence electrons. The number of aromatic nitrogens is 2. The van der Waals surface area contributed by atoms with Crippen LogP contribution in [0.15, 0.2) is 82.5 Å². The molecule has 2 aliphatic heterocycles. The Morgan fingerprint density at radius 1 is 0.902 bits per heavy atom. The van der Waals surface area contributed by atoms with Crippen molar-refractivity contribution in [3.63, 3.8) is 0 Å². The predicted molar refractivity (Wildman–Crippen MR) is 190 cm³/mol. The molecule has 1 aromatic heterocycles. The average Bonchev–Trinajstić information content (AvgIpc) is 3.70. The van der Waals surface area contributed by atoms with Crippen LogP contribution in [0.2, 0.25) is 0 Å². The van der Waals surface area contributed by atoms with E-state index in [4.69, 9.17) is 9.47 Å². The van der Waals surface area contributed by atoms with Gasteiger partial charge in [-0.2, -0.15) is 9.23 Å². The monoisotopic (exact) mass is 714 g/mol. The molecule has 1 N–H and O–H groups in total. The molecule has 0 bridgehead atoms. The highest BCUT2D eigenvalue weighted by Crippen LogP contribution is 2.30. The zero-order valence-electron chi connectivity index (χ0n) is 29.1. The van der Waals surface area contributed by atoms with Gasteiger partial charge < -0.3 is 24.6 Å². The van der Waals surface area contributed by atoms with Crippen molar-refractivity contribution < 1.29 is 27.5 Å². The lowest BCUT2D eigenvalue weighted by molar-refractivity contribution is -0.132. The number of methoxy groups -OCH3 is 1. The average molecular weight is 715 g/mol. The largest absolute Gasteiger partial charge is 0.497 e. The molecule has 3 aromatic carbocycles. The molecule has 2 amide bonds. The van der Waals surface area contributed by atoms with Crippen LogP contribution in [-0.4, -0.2) is 89.7 Å². The van der Waals surface area contributed by atoms with Crippen LogP contribution in [0.1, 0.15) is 57.2 Å². The standard InChI is InChI=1S/C37H42N6O7S/c1-37(2,3)50-36(46)40-19-16-27(17-20-40)39-28-18-21-41(24-28)34(44)33(26-8-6-5-7-9-26)42-32-22-25(23-38)10-15-31(32)43(35(42)45)51(47,48)30-13-11-29(49-4)12-14-30/h5-15,22,27-28,33,39H,16-21,24H2,1-4H3/t28-,33?/m0/s1. The maximum atomic E-state index is 14.6. The van der Waals surface area contributed by atoms with Crippen LogP contribution >= 0.6 is 0 Å². The summed E-state index contributed by atoms with van der Waals surface area (Å²) in [6.45, 7) is 7.47. The van der Waals surface area contributed by atoms with Crippen LogP contribution in [0.4, 0.5) is 4.79 Å². The Labute approximate surface area is 297 Å². The Balaban J connectivity index is 1.30. The third-order valence-corrected chi connectivity index (χ3v) is 11.0. The molecule has 0 radical (unpaired) electrons. The van der Waals surface area contributed by atoms with Crippen LogP contribution in [-0.2, 0) is 19.6 Å². The summed E-state index contributed by atoms with van der Waals surface area (Å²) >= 11 is 0. The molecule has 4 aromatic rings. The molecule has 6 rings (SSSR count). The Morgan fingerprint density at radius 3 is 2.18 bits per heavy atom. The molecule has 2 saturated heterocycles. The number of carbonyl (C=O) groups is 2. The normalized spacial score (nSPS) is 17.7. The van der Waals surface area contributed by atoms with E-state index in [1.807, 2.05) is 20.8 Å². The second-order valence-electron chi connectivity index (χ2n) is 13.9. The molecule has 13 nitrogen and oxygen atoms in total. The summed E-state index contributed by atoms with van der Waals surface area (Å²) in [5.74, 6) is 0.0809. The Morgan fingerprint density at radius 2 is 1.55 bits per heavy atom. The molecule has 2 aliphatic rings. The number of nitrogens with zero attached hydrogens (tertiary/aromatic N) is 5. The fraction of sp³-hybridized carbons (Fsp3) is 0.405. The van der Waals surface area contributed by atoms with E-state index in [-0.39, 0.29) is 45.6 Å². The number of nitriles is 1. The van der Waals surface area contributed by atoms with Gasteiger partial charge in [0.2, 0.25) is 0 Å². The number of imidazole rings is 1. The van der Waals surface area contributed by atoms with Gasteiger partial charge in [-0.3, -0.25) is 9.36 Å². The second-order valence-corrected chi connectivity index (χ2v) is 15.7. The first-order chi connectivity index (χ1) is 24.3. The van der Waals surface area contributed by atoms with Gasteiger partial charge in [-0.15, -0.1) is 0 Å². The number of rotatable bonds is 8. The Hall–Kier alpha value is -5.13. The summed E-state index contributed by atoms with van der Waals surface area (Å²) in [7, 11) is -2.98. The third kappa shape index (κ3) is 7.36. The van der Waals surface area contributed by atoms with Crippen molar-refractivity contribution in [1.82, 2.24) is 23.7 Å². The van der Waals surface area contributed by atoms with Gasteiger partial charge in [0.05, 0.1) is 34.7 Å². The number of likely N-dealkylation sites (tertiary alicyclic amines) is 2. The molecule has 51 heavy (non-hydrogen) atoms. The smallest absolute Gasteiger partial charge is 0.410 e. The third-order valence-electron chi connectivity index (χ3n) is 9.29. The van der Waals surface area contributed by atoms with Crippen molar-refractivity contribution in [2.75, 3.05) is 33.3 Å². The summed E-state index contributed by atoms with van der Waals surface area (Å²) < 4.78 is 40.8. The van der Waals surface area contributed by atoms with Gasteiger partial charge in [-0.25, -0.2) is 18.0 Å². The van der Waals surface area contributed by atoms with E-state index >= 15 is 0 Å². The van der Waals surface area contributed by atoms with E-state index in [2.05, 4.69) is 11.4 Å². The number of hydrogen-bond donors (Lipinski definition) is 1. The van der Waals surface area contributed by atoms with Gasteiger partial charge in [0.1, 0.15) is 17.4 Å².